The SMILES string of the molecule is CCOc1ccc2c(c1)/C(=N/N=C1/C[C@H](c3ccccc3)N=N1)C(=O)N2. The molecule has 1 amide bonds. The van der Waals surface area contributed by atoms with Crippen LogP contribution in [0.1, 0.15) is 30.5 Å². The van der Waals surface area contributed by atoms with Gasteiger partial charge >= 0.3 is 0 Å². The summed E-state index contributed by atoms with van der Waals surface area (Å²) in [6.07, 6.45) is 0.564. The molecule has 7 heteroatoms. The number of azo groups is 1. The third-order valence-corrected chi connectivity index (χ3v) is 4.16. The molecule has 0 spiro atoms. The Labute approximate surface area is 150 Å². The highest BCUT2D eigenvalue weighted by Gasteiger charge is 2.27. The number of ether oxygens (including phenoxy) is 1. The highest BCUT2D eigenvalue weighted by atomic mass is 16.5. The van der Waals surface area contributed by atoms with E-state index in [0.717, 1.165) is 5.56 Å². The number of carbonyl (C=O) groups is 1. The summed E-state index contributed by atoms with van der Waals surface area (Å²) >= 11 is 0. The maximum atomic E-state index is 12.2. The van der Waals surface area contributed by atoms with Crippen LogP contribution in [0.25, 0.3) is 0 Å². The van der Waals surface area contributed by atoms with Crippen LogP contribution in [0.3, 0.4) is 0 Å². The Hall–Kier alpha value is -3.35. The lowest BCUT2D eigenvalue weighted by atomic mass is 10.1. The predicted octanol–water partition coefficient (Wildman–Crippen LogP) is 3.74. The molecule has 0 unspecified atom stereocenters. The van der Waals surface area contributed by atoms with Gasteiger partial charge in [-0.3, -0.25) is 4.79 Å². The number of hydrogen-bond donors (Lipinski definition) is 1. The predicted molar refractivity (Wildman–Crippen MR) is 98.9 cm³/mol. The summed E-state index contributed by atoms with van der Waals surface area (Å²) in [6.45, 7) is 2.46. The van der Waals surface area contributed by atoms with Gasteiger partial charge in [0.1, 0.15) is 11.8 Å². The third-order valence-electron chi connectivity index (χ3n) is 4.16. The number of amidine groups is 1. The Kier molecular flexibility index (Phi) is 4.27. The Morgan fingerprint density at radius 3 is 2.85 bits per heavy atom. The van der Waals surface area contributed by atoms with Crippen LogP contribution in [-0.2, 0) is 4.79 Å². The molecule has 0 aromatic heterocycles. The molecule has 2 heterocycles. The highest BCUT2D eigenvalue weighted by Crippen LogP contribution is 2.29. The monoisotopic (exact) mass is 347 g/mol. The average molecular weight is 347 g/mol. The van der Waals surface area contributed by atoms with E-state index in [4.69, 9.17) is 4.74 Å². The van der Waals surface area contributed by atoms with E-state index in [0.29, 0.717) is 35.9 Å². The van der Waals surface area contributed by atoms with Crippen LogP contribution in [0.5, 0.6) is 5.75 Å². The third kappa shape index (κ3) is 3.11. The normalized spacial score (nSPS) is 21.3. The second kappa shape index (κ2) is 6.87. The molecule has 1 N–H and O–H groups in total. The molecule has 0 bridgehead atoms. The van der Waals surface area contributed by atoms with Gasteiger partial charge in [-0.1, -0.05) is 30.3 Å². The van der Waals surface area contributed by atoms with Crippen LogP contribution >= 0.6 is 0 Å². The van der Waals surface area contributed by atoms with Gasteiger partial charge in [0.05, 0.1) is 12.3 Å². The summed E-state index contributed by atoms with van der Waals surface area (Å²) in [5.74, 6) is 0.911. The van der Waals surface area contributed by atoms with Gasteiger partial charge in [0.25, 0.3) is 5.91 Å². The number of benzene rings is 2. The van der Waals surface area contributed by atoms with Crippen molar-refractivity contribution in [1.29, 1.82) is 0 Å². The molecule has 0 saturated carbocycles. The number of nitrogens with zero attached hydrogens (tertiary/aromatic N) is 4. The summed E-state index contributed by atoms with van der Waals surface area (Å²) in [5, 5.41) is 19.4. The molecule has 0 aliphatic carbocycles. The Bertz CT molecular complexity index is 934. The van der Waals surface area contributed by atoms with Crippen molar-refractivity contribution in [3.05, 3.63) is 59.7 Å². The van der Waals surface area contributed by atoms with Gasteiger partial charge in [-0.25, -0.2) is 0 Å². The lowest BCUT2D eigenvalue weighted by Gasteiger charge is -2.04. The molecule has 2 aromatic carbocycles. The summed E-state index contributed by atoms with van der Waals surface area (Å²) in [4.78, 5) is 12.2. The van der Waals surface area contributed by atoms with Gasteiger partial charge in [-0.15, -0.1) is 15.3 Å². The number of nitrogens with one attached hydrogen (secondary N) is 1. The van der Waals surface area contributed by atoms with E-state index in [2.05, 4.69) is 25.7 Å². The average Bonchev–Trinajstić information content (AvgIpc) is 3.25. The fourth-order valence-corrected chi connectivity index (χ4v) is 2.91. The largest absolute Gasteiger partial charge is 0.494 e. The fourth-order valence-electron chi connectivity index (χ4n) is 2.91. The Morgan fingerprint density at radius 1 is 1.19 bits per heavy atom. The van der Waals surface area contributed by atoms with Crippen molar-refractivity contribution in [2.45, 2.75) is 19.4 Å². The maximum Gasteiger partial charge on any atom is 0.276 e. The van der Waals surface area contributed by atoms with Gasteiger partial charge < -0.3 is 10.1 Å². The number of anilines is 1. The van der Waals surface area contributed by atoms with Crippen LogP contribution < -0.4 is 10.1 Å². The molecule has 0 fully saturated rings. The molecule has 2 aromatic rings. The Balaban J connectivity index is 1.56. The quantitative estimate of drug-likeness (QED) is 0.854. The molecule has 2 aliphatic rings. The van der Waals surface area contributed by atoms with E-state index in [1.54, 1.807) is 12.1 Å². The van der Waals surface area contributed by atoms with Crippen molar-refractivity contribution in [3.63, 3.8) is 0 Å². The van der Waals surface area contributed by atoms with Gasteiger partial charge in [0.15, 0.2) is 11.5 Å². The van der Waals surface area contributed by atoms with Crippen molar-refractivity contribution in [3.8, 4) is 5.75 Å². The van der Waals surface area contributed by atoms with Crippen molar-refractivity contribution in [1.82, 2.24) is 0 Å². The van der Waals surface area contributed by atoms with Crippen molar-refractivity contribution in [2.75, 3.05) is 11.9 Å². The summed E-state index contributed by atoms with van der Waals surface area (Å²) in [6, 6.07) is 15.3. The minimum atomic E-state index is -0.285. The number of rotatable bonds is 4. The van der Waals surface area contributed by atoms with Crippen molar-refractivity contribution >= 4 is 23.1 Å². The first-order valence-electron chi connectivity index (χ1n) is 8.43. The Morgan fingerprint density at radius 2 is 2.04 bits per heavy atom. The second-order valence-electron chi connectivity index (χ2n) is 5.91. The molecule has 26 heavy (non-hydrogen) atoms. The highest BCUT2D eigenvalue weighted by molar-refractivity contribution is 6.53. The van der Waals surface area contributed by atoms with Crippen molar-refractivity contribution in [2.24, 2.45) is 20.4 Å². The van der Waals surface area contributed by atoms with Crippen LogP contribution in [0.2, 0.25) is 0 Å². The standard InChI is InChI=1S/C19H17N5O2/c1-2-26-13-8-9-15-14(10-13)18(19(25)20-15)24-23-17-11-16(21-22-17)12-6-4-3-5-7-12/h3-10,16H,2,11H2,1H3,(H,20,24,25)/b23-17-/t16-/m1/s1. The van der Waals surface area contributed by atoms with Crippen LogP contribution in [0, 0.1) is 0 Å². The number of fused-ring (bicyclic) bond motifs is 1. The van der Waals surface area contributed by atoms with E-state index in [1.807, 2.05) is 43.3 Å². The van der Waals surface area contributed by atoms with E-state index in [-0.39, 0.29) is 17.7 Å². The first kappa shape index (κ1) is 16.1. The number of amides is 1. The first-order valence-corrected chi connectivity index (χ1v) is 8.43. The second-order valence-corrected chi connectivity index (χ2v) is 5.91. The molecule has 0 saturated heterocycles. The minimum absolute atomic E-state index is 0.0515. The van der Waals surface area contributed by atoms with E-state index < -0.39 is 0 Å². The first-order chi connectivity index (χ1) is 12.7. The molecular formula is C19H17N5O2. The zero-order valence-corrected chi connectivity index (χ0v) is 14.2. The number of carbonyl (C=O) groups excluding carboxylic acids is 1. The minimum Gasteiger partial charge on any atom is -0.494 e. The summed E-state index contributed by atoms with van der Waals surface area (Å²) < 4.78 is 5.49. The zero-order chi connectivity index (χ0) is 17.9. The molecule has 7 nitrogen and oxygen atoms in total. The molecule has 130 valence electrons. The van der Waals surface area contributed by atoms with Gasteiger partial charge in [-0.05, 0) is 30.7 Å². The summed E-state index contributed by atoms with van der Waals surface area (Å²) in [5.41, 5.74) is 2.72. The van der Waals surface area contributed by atoms with E-state index >= 15 is 0 Å². The zero-order valence-electron chi connectivity index (χ0n) is 14.2. The maximum absolute atomic E-state index is 12.2. The fraction of sp³-hybridized carbons (Fsp3) is 0.211. The molecule has 2 aliphatic heterocycles. The topological polar surface area (TPSA) is 87.8 Å². The van der Waals surface area contributed by atoms with Gasteiger partial charge in [0.2, 0.25) is 0 Å². The van der Waals surface area contributed by atoms with Crippen molar-refractivity contribution < 1.29 is 9.53 Å². The van der Waals surface area contributed by atoms with Crippen LogP contribution in [-0.4, -0.2) is 24.1 Å². The lowest BCUT2D eigenvalue weighted by molar-refractivity contribution is -0.110. The molecule has 4 rings (SSSR count). The number of hydrogen-bond acceptors (Lipinski definition) is 5. The smallest absolute Gasteiger partial charge is 0.276 e. The summed E-state index contributed by atoms with van der Waals surface area (Å²) in [7, 11) is 0. The lowest BCUT2D eigenvalue weighted by Crippen LogP contribution is -2.14. The van der Waals surface area contributed by atoms with Crippen LogP contribution in [0.4, 0.5) is 5.69 Å². The molecule has 1 atom stereocenters. The van der Waals surface area contributed by atoms with Gasteiger partial charge in [0, 0.05) is 12.0 Å². The van der Waals surface area contributed by atoms with Gasteiger partial charge in [-0.2, -0.15) is 5.11 Å². The van der Waals surface area contributed by atoms with E-state index in [9.17, 15) is 4.79 Å². The molecule has 0 radical (unpaired) electrons. The molecular weight excluding hydrogens is 330 g/mol. The van der Waals surface area contributed by atoms with E-state index in [1.165, 1.54) is 0 Å². The van der Waals surface area contributed by atoms with Crippen LogP contribution in [0.15, 0.2) is 69.0 Å².